The molecule has 0 spiro atoms. The summed E-state index contributed by atoms with van der Waals surface area (Å²) in [5.74, 6) is 1.43. The van der Waals surface area contributed by atoms with Crippen LogP contribution < -0.4 is 5.32 Å². The van der Waals surface area contributed by atoms with Crippen molar-refractivity contribution >= 4 is 5.96 Å². The molecule has 0 saturated carbocycles. The molecule has 0 aromatic rings. The summed E-state index contributed by atoms with van der Waals surface area (Å²) in [7, 11) is 0. The first kappa shape index (κ1) is 11.7. The van der Waals surface area contributed by atoms with E-state index in [1.807, 2.05) is 0 Å². The number of likely N-dealkylation sites (tertiary alicyclic amines) is 1. The van der Waals surface area contributed by atoms with Crippen molar-refractivity contribution in [1.29, 1.82) is 0 Å². The van der Waals surface area contributed by atoms with Crippen LogP contribution in [0.15, 0.2) is 0 Å². The quantitative estimate of drug-likeness (QED) is 0.446. The fourth-order valence-corrected chi connectivity index (χ4v) is 2.66. The summed E-state index contributed by atoms with van der Waals surface area (Å²) in [6.45, 7) is 8.41. The van der Waals surface area contributed by atoms with Crippen LogP contribution in [0.5, 0.6) is 0 Å². The Bertz CT molecular complexity index is 234. The lowest BCUT2D eigenvalue weighted by Crippen LogP contribution is -2.46. The lowest BCUT2D eigenvalue weighted by atomic mass is 10.3. The highest BCUT2D eigenvalue weighted by atomic mass is 15.3. The predicted molar refractivity (Wildman–Crippen MR) is 68.0 cm³/mol. The molecule has 0 radical (unpaired) electrons. The minimum Gasteiger partial charge on any atom is -0.278 e. The molecular weight excluding hydrogens is 198 g/mol. The molecule has 2 fully saturated rings. The van der Waals surface area contributed by atoms with Crippen LogP contribution in [0.3, 0.4) is 0 Å². The number of nitrogens with one attached hydrogen (secondary N) is 1. The van der Waals surface area contributed by atoms with Crippen LogP contribution in [-0.4, -0.2) is 48.2 Å². The molecule has 2 rings (SSSR count). The maximum Gasteiger partial charge on any atom is 0.348 e. The maximum atomic E-state index is 3.67. The van der Waals surface area contributed by atoms with Gasteiger partial charge in [-0.1, -0.05) is 13.3 Å². The molecule has 0 amide bonds. The molecule has 0 unspecified atom stereocenters. The molecular formula is C13H26N3+. The number of nitrogens with zero attached hydrogens (tertiary/aromatic N) is 2. The number of guanidine groups is 1. The van der Waals surface area contributed by atoms with Gasteiger partial charge in [-0.05, 0) is 32.1 Å². The lowest BCUT2D eigenvalue weighted by molar-refractivity contribution is -0.513. The Hall–Kier alpha value is -0.730. The first-order valence-electron chi connectivity index (χ1n) is 7.02. The van der Waals surface area contributed by atoms with E-state index in [0.29, 0.717) is 0 Å². The number of unbranched alkanes of at least 4 members (excludes halogenated alkanes) is 1. The van der Waals surface area contributed by atoms with E-state index in [2.05, 4.69) is 21.7 Å². The third-order valence-corrected chi connectivity index (χ3v) is 3.62. The van der Waals surface area contributed by atoms with E-state index in [4.69, 9.17) is 0 Å². The number of rotatable bonds is 3. The van der Waals surface area contributed by atoms with Crippen LogP contribution in [-0.2, 0) is 0 Å². The van der Waals surface area contributed by atoms with Crippen LogP contribution in [0.25, 0.3) is 0 Å². The van der Waals surface area contributed by atoms with Crippen molar-refractivity contribution < 1.29 is 4.58 Å². The van der Waals surface area contributed by atoms with Gasteiger partial charge in [0.25, 0.3) is 0 Å². The molecule has 2 saturated heterocycles. The molecule has 92 valence electrons. The summed E-state index contributed by atoms with van der Waals surface area (Å²) >= 11 is 0. The van der Waals surface area contributed by atoms with Gasteiger partial charge in [0.05, 0.1) is 32.7 Å². The molecule has 0 aromatic carbocycles. The van der Waals surface area contributed by atoms with Crippen molar-refractivity contribution in [1.82, 2.24) is 10.2 Å². The average Bonchev–Trinajstić information content (AvgIpc) is 2.97. The van der Waals surface area contributed by atoms with E-state index in [1.165, 1.54) is 70.7 Å². The summed E-state index contributed by atoms with van der Waals surface area (Å²) < 4.78 is 2.56. The summed E-state index contributed by atoms with van der Waals surface area (Å²) in [5.41, 5.74) is 0. The van der Waals surface area contributed by atoms with Gasteiger partial charge in [-0.2, -0.15) is 0 Å². The van der Waals surface area contributed by atoms with E-state index in [-0.39, 0.29) is 0 Å². The van der Waals surface area contributed by atoms with Gasteiger partial charge in [0.15, 0.2) is 0 Å². The highest BCUT2D eigenvalue weighted by Crippen LogP contribution is 2.10. The molecule has 0 atom stereocenters. The highest BCUT2D eigenvalue weighted by Gasteiger charge is 2.26. The van der Waals surface area contributed by atoms with Crippen LogP contribution in [0.1, 0.15) is 45.4 Å². The second-order valence-corrected chi connectivity index (χ2v) is 4.99. The second-order valence-electron chi connectivity index (χ2n) is 4.99. The first-order valence-corrected chi connectivity index (χ1v) is 7.02. The van der Waals surface area contributed by atoms with Crippen molar-refractivity contribution in [2.24, 2.45) is 0 Å². The fourth-order valence-electron chi connectivity index (χ4n) is 2.66. The van der Waals surface area contributed by atoms with Gasteiger partial charge in [0, 0.05) is 0 Å². The normalized spacial score (nSPS) is 20.6. The molecule has 0 aliphatic carbocycles. The van der Waals surface area contributed by atoms with Gasteiger partial charge >= 0.3 is 5.96 Å². The molecule has 2 heterocycles. The van der Waals surface area contributed by atoms with Crippen LogP contribution >= 0.6 is 0 Å². The summed E-state index contributed by atoms with van der Waals surface area (Å²) in [6, 6.07) is 0. The largest absolute Gasteiger partial charge is 0.348 e. The molecule has 1 N–H and O–H groups in total. The van der Waals surface area contributed by atoms with Crippen molar-refractivity contribution in [2.75, 3.05) is 32.7 Å². The molecule has 2 aliphatic heterocycles. The number of hydrogen-bond acceptors (Lipinski definition) is 0. The number of hydrogen-bond donors (Lipinski definition) is 1. The SMILES string of the molecule is CCCCNC(N1CCCC1)=[N+]1CCCC1. The van der Waals surface area contributed by atoms with Gasteiger partial charge in [0.1, 0.15) is 0 Å². The first-order chi connectivity index (χ1) is 7.92. The summed E-state index contributed by atoms with van der Waals surface area (Å²) in [5, 5.41) is 3.67. The Morgan fingerprint density at radius 2 is 1.81 bits per heavy atom. The molecule has 16 heavy (non-hydrogen) atoms. The zero-order valence-electron chi connectivity index (χ0n) is 10.7. The lowest BCUT2D eigenvalue weighted by Gasteiger charge is -2.17. The molecule has 0 aromatic heterocycles. The summed E-state index contributed by atoms with van der Waals surface area (Å²) in [4.78, 5) is 2.56. The maximum absolute atomic E-state index is 3.67. The Balaban J connectivity index is 1.97. The third-order valence-electron chi connectivity index (χ3n) is 3.62. The van der Waals surface area contributed by atoms with Gasteiger partial charge in [-0.25, -0.2) is 0 Å². The Kier molecular flexibility index (Phi) is 4.49. The van der Waals surface area contributed by atoms with Gasteiger partial charge in [0.2, 0.25) is 0 Å². The summed E-state index contributed by atoms with van der Waals surface area (Å²) in [6.07, 6.45) is 8.03. The molecule has 3 heteroatoms. The Morgan fingerprint density at radius 3 is 2.44 bits per heavy atom. The molecule has 0 bridgehead atoms. The van der Waals surface area contributed by atoms with Crippen molar-refractivity contribution in [3.63, 3.8) is 0 Å². The van der Waals surface area contributed by atoms with Crippen LogP contribution in [0, 0.1) is 0 Å². The molecule has 2 aliphatic rings. The second kappa shape index (κ2) is 6.12. The topological polar surface area (TPSA) is 18.3 Å². The third kappa shape index (κ3) is 2.89. The van der Waals surface area contributed by atoms with Gasteiger partial charge < -0.3 is 0 Å². The minimum absolute atomic E-state index is 1.14. The van der Waals surface area contributed by atoms with E-state index >= 15 is 0 Å². The Labute approximate surface area is 99.5 Å². The van der Waals surface area contributed by atoms with E-state index in [0.717, 1.165) is 6.54 Å². The zero-order chi connectivity index (χ0) is 11.2. The average molecular weight is 224 g/mol. The zero-order valence-corrected chi connectivity index (χ0v) is 10.7. The van der Waals surface area contributed by atoms with E-state index < -0.39 is 0 Å². The predicted octanol–water partition coefficient (Wildman–Crippen LogP) is 1.63. The monoisotopic (exact) mass is 224 g/mol. The Morgan fingerprint density at radius 1 is 1.12 bits per heavy atom. The van der Waals surface area contributed by atoms with E-state index in [1.54, 1.807) is 0 Å². The van der Waals surface area contributed by atoms with Crippen molar-refractivity contribution in [2.45, 2.75) is 45.4 Å². The standard InChI is InChI=1S/C13H25N3/c1-2-3-8-14-13(15-9-4-5-10-15)16-11-6-7-12-16/h2-12H2,1H3/p+1. The smallest absolute Gasteiger partial charge is 0.278 e. The van der Waals surface area contributed by atoms with Crippen LogP contribution in [0.4, 0.5) is 0 Å². The molecule has 3 nitrogen and oxygen atoms in total. The minimum atomic E-state index is 1.14. The van der Waals surface area contributed by atoms with Gasteiger partial charge in [-0.3, -0.25) is 14.8 Å². The fraction of sp³-hybridized carbons (Fsp3) is 0.923. The van der Waals surface area contributed by atoms with Crippen LogP contribution in [0.2, 0.25) is 0 Å². The van der Waals surface area contributed by atoms with E-state index in [9.17, 15) is 0 Å². The highest BCUT2D eigenvalue weighted by molar-refractivity contribution is 5.75. The van der Waals surface area contributed by atoms with Crippen molar-refractivity contribution in [3.05, 3.63) is 0 Å². The van der Waals surface area contributed by atoms with Gasteiger partial charge in [-0.15, -0.1) is 0 Å². The van der Waals surface area contributed by atoms with Crippen molar-refractivity contribution in [3.8, 4) is 0 Å².